The molecule has 0 radical (unpaired) electrons. The molecule has 30 heavy (non-hydrogen) atoms. The number of carbonyl (C=O) groups excluding carboxylic acids is 2. The van der Waals surface area contributed by atoms with E-state index in [4.69, 9.17) is 4.74 Å². The number of hydrogen-bond acceptors (Lipinski definition) is 6. The van der Waals surface area contributed by atoms with Crippen molar-refractivity contribution in [2.45, 2.75) is 50.9 Å². The minimum atomic E-state index is -1.75. The molecule has 1 N–H and O–H groups in total. The number of ether oxygens (including phenoxy) is 1. The van der Waals surface area contributed by atoms with Gasteiger partial charge in [0.05, 0.1) is 5.92 Å². The SMILES string of the molecule is CC(=O)[C@@]1(C(=O)OCc2ccccc2)CC[C@@](C)(O)[C@@H]([N+](=O)[O-])[C@@H]1c1ccccc1. The normalized spacial score (nSPS) is 28.5. The van der Waals surface area contributed by atoms with Gasteiger partial charge in [-0.2, -0.15) is 0 Å². The Morgan fingerprint density at radius 3 is 2.20 bits per heavy atom. The van der Waals surface area contributed by atoms with Gasteiger partial charge in [-0.1, -0.05) is 60.7 Å². The third kappa shape index (κ3) is 3.85. The fourth-order valence-corrected chi connectivity index (χ4v) is 4.48. The first-order valence-corrected chi connectivity index (χ1v) is 9.83. The van der Waals surface area contributed by atoms with Crippen LogP contribution in [0.15, 0.2) is 60.7 Å². The second kappa shape index (κ2) is 8.36. The zero-order chi connectivity index (χ0) is 21.9. The van der Waals surface area contributed by atoms with Crippen molar-refractivity contribution in [1.29, 1.82) is 0 Å². The lowest BCUT2D eigenvalue weighted by Gasteiger charge is -2.46. The van der Waals surface area contributed by atoms with Crippen LogP contribution in [0.5, 0.6) is 0 Å². The Morgan fingerprint density at radius 2 is 1.67 bits per heavy atom. The molecule has 0 aliphatic heterocycles. The van der Waals surface area contributed by atoms with E-state index in [1.807, 2.05) is 6.07 Å². The lowest BCUT2D eigenvalue weighted by Crippen LogP contribution is -2.61. The fourth-order valence-electron chi connectivity index (χ4n) is 4.48. The van der Waals surface area contributed by atoms with Gasteiger partial charge in [0, 0.05) is 4.92 Å². The van der Waals surface area contributed by atoms with E-state index in [2.05, 4.69) is 0 Å². The van der Waals surface area contributed by atoms with Gasteiger partial charge in [0.25, 0.3) is 0 Å². The third-order valence-electron chi connectivity index (χ3n) is 6.10. The largest absolute Gasteiger partial charge is 0.460 e. The molecule has 1 aliphatic carbocycles. The first kappa shape index (κ1) is 21.6. The molecule has 1 fully saturated rings. The fraction of sp³-hybridized carbons (Fsp3) is 0.391. The average molecular weight is 411 g/mol. The van der Waals surface area contributed by atoms with Crippen molar-refractivity contribution < 1.29 is 24.4 Å². The molecule has 0 heterocycles. The van der Waals surface area contributed by atoms with Gasteiger partial charge in [0.2, 0.25) is 6.04 Å². The van der Waals surface area contributed by atoms with Crippen molar-refractivity contribution in [3.63, 3.8) is 0 Å². The van der Waals surface area contributed by atoms with Crippen LogP contribution >= 0.6 is 0 Å². The maximum atomic E-state index is 13.4. The first-order valence-electron chi connectivity index (χ1n) is 9.83. The Balaban J connectivity index is 2.08. The number of nitrogens with zero attached hydrogens (tertiary/aromatic N) is 1. The summed E-state index contributed by atoms with van der Waals surface area (Å²) in [4.78, 5) is 37.7. The molecule has 0 bridgehead atoms. The van der Waals surface area contributed by atoms with E-state index in [1.54, 1.807) is 54.6 Å². The molecule has 2 aromatic rings. The van der Waals surface area contributed by atoms with Crippen LogP contribution in [0.4, 0.5) is 0 Å². The van der Waals surface area contributed by atoms with Gasteiger partial charge in [-0.25, -0.2) is 0 Å². The van der Waals surface area contributed by atoms with Crippen LogP contribution in [0.3, 0.4) is 0 Å². The van der Waals surface area contributed by atoms with Crippen LogP contribution in [0, 0.1) is 15.5 Å². The van der Waals surface area contributed by atoms with Crippen molar-refractivity contribution in [3.8, 4) is 0 Å². The van der Waals surface area contributed by atoms with E-state index in [1.165, 1.54) is 13.8 Å². The highest BCUT2D eigenvalue weighted by Gasteiger charge is 2.66. The lowest BCUT2D eigenvalue weighted by molar-refractivity contribution is -0.555. The number of hydrogen-bond donors (Lipinski definition) is 1. The lowest BCUT2D eigenvalue weighted by atomic mass is 9.56. The van der Waals surface area contributed by atoms with Crippen LogP contribution in [-0.4, -0.2) is 33.4 Å². The molecule has 7 heteroatoms. The number of carbonyl (C=O) groups is 2. The molecule has 0 spiro atoms. The Hall–Kier alpha value is -3.06. The van der Waals surface area contributed by atoms with Gasteiger partial charge in [-0.15, -0.1) is 0 Å². The first-order chi connectivity index (χ1) is 14.2. The Morgan fingerprint density at radius 1 is 1.10 bits per heavy atom. The van der Waals surface area contributed by atoms with Gasteiger partial charge < -0.3 is 9.84 Å². The molecule has 0 saturated heterocycles. The molecule has 158 valence electrons. The topological polar surface area (TPSA) is 107 Å². The summed E-state index contributed by atoms with van der Waals surface area (Å²) in [7, 11) is 0. The molecule has 4 atom stereocenters. The summed E-state index contributed by atoms with van der Waals surface area (Å²) in [5, 5.41) is 22.9. The second-order valence-corrected chi connectivity index (χ2v) is 8.06. The summed E-state index contributed by atoms with van der Waals surface area (Å²) in [5.74, 6) is -2.45. The monoisotopic (exact) mass is 411 g/mol. The van der Waals surface area contributed by atoms with Gasteiger partial charge >= 0.3 is 5.97 Å². The van der Waals surface area contributed by atoms with Crippen molar-refractivity contribution in [3.05, 3.63) is 81.9 Å². The van der Waals surface area contributed by atoms with Crippen molar-refractivity contribution in [2.75, 3.05) is 0 Å². The molecule has 0 aromatic heterocycles. The number of Topliss-reactive ketones (excluding diaryl/α,β-unsaturated/α-hetero) is 1. The molecule has 0 amide bonds. The Kier molecular flexibility index (Phi) is 6.03. The van der Waals surface area contributed by atoms with Crippen LogP contribution in [-0.2, 0) is 20.9 Å². The predicted molar refractivity (Wildman–Crippen MR) is 109 cm³/mol. The molecular formula is C23H25NO6. The summed E-state index contributed by atoms with van der Waals surface area (Å²) in [6, 6.07) is 15.9. The summed E-state index contributed by atoms with van der Waals surface area (Å²) < 4.78 is 5.52. The maximum absolute atomic E-state index is 13.4. The summed E-state index contributed by atoms with van der Waals surface area (Å²) in [5.41, 5.74) is -2.24. The minimum absolute atomic E-state index is 0.0349. The van der Waals surface area contributed by atoms with Gasteiger partial charge in [0.15, 0.2) is 0 Å². The molecule has 3 rings (SSSR count). The smallest absolute Gasteiger partial charge is 0.320 e. The van der Waals surface area contributed by atoms with Crippen LogP contribution in [0.1, 0.15) is 43.7 Å². The van der Waals surface area contributed by atoms with E-state index >= 15 is 0 Å². The summed E-state index contributed by atoms with van der Waals surface area (Å²) in [6.45, 7) is 2.60. The van der Waals surface area contributed by atoms with E-state index in [9.17, 15) is 24.8 Å². The zero-order valence-electron chi connectivity index (χ0n) is 17.0. The van der Waals surface area contributed by atoms with Gasteiger partial charge in [-0.3, -0.25) is 19.7 Å². The number of benzene rings is 2. The van der Waals surface area contributed by atoms with Gasteiger partial charge in [0.1, 0.15) is 23.4 Å². The highest BCUT2D eigenvalue weighted by molar-refractivity contribution is 6.04. The third-order valence-corrected chi connectivity index (χ3v) is 6.10. The van der Waals surface area contributed by atoms with Crippen LogP contribution in [0.25, 0.3) is 0 Å². The summed E-state index contributed by atoms with van der Waals surface area (Å²) in [6.07, 6.45) is -0.102. The Labute approximate surface area is 174 Å². The molecule has 0 unspecified atom stereocenters. The van der Waals surface area contributed by atoms with E-state index < -0.39 is 39.7 Å². The number of esters is 1. The van der Waals surface area contributed by atoms with E-state index in [-0.39, 0.29) is 19.4 Å². The second-order valence-electron chi connectivity index (χ2n) is 8.06. The number of ketones is 1. The molecule has 2 aromatic carbocycles. The van der Waals surface area contributed by atoms with Crippen molar-refractivity contribution >= 4 is 11.8 Å². The average Bonchev–Trinajstić information content (AvgIpc) is 2.72. The molecule has 1 saturated carbocycles. The van der Waals surface area contributed by atoms with Crippen LogP contribution < -0.4 is 0 Å². The minimum Gasteiger partial charge on any atom is -0.460 e. The number of nitro groups is 1. The summed E-state index contributed by atoms with van der Waals surface area (Å²) >= 11 is 0. The van der Waals surface area contributed by atoms with Crippen LogP contribution in [0.2, 0.25) is 0 Å². The van der Waals surface area contributed by atoms with E-state index in [0.29, 0.717) is 5.56 Å². The number of rotatable bonds is 6. The molecule has 7 nitrogen and oxygen atoms in total. The highest BCUT2D eigenvalue weighted by Crippen LogP contribution is 2.53. The van der Waals surface area contributed by atoms with Gasteiger partial charge in [-0.05, 0) is 37.8 Å². The van der Waals surface area contributed by atoms with Crippen molar-refractivity contribution in [1.82, 2.24) is 0 Å². The standard InChI is InChI=1S/C23H25NO6/c1-16(25)23(21(26)30-15-17-9-5-3-6-10-17)14-13-22(2,27)20(24(28)29)19(23)18-11-7-4-8-12-18/h3-12,19-20,27H,13-15H2,1-2H3/t19-,20-,22+,23-/m0/s1. The Bertz CT molecular complexity index is 927. The zero-order valence-corrected chi connectivity index (χ0v) is 17.0. The highest BCUT2D eigenvalue weighted by atomic mass is 16.6. The predicted octanol–water partition coefficient (Wildman–Crippen LogP) is 3.28. The quantitative estimate of drug-likeness (QED) is 0.338. The van der Waals surface area contributed by atoms with Crippen molar-refractivity contribution in [2.24, 2.45) is 5.41 Å². The molecular weight excluding hydrogens is 386 g/mol. The van der Waals surface area contributed by atoms with E-state index in [0.717, 1.165) is 5.56 Å². The molecule has 1 aliphatic rings. The maximum Gasteiger partial charge on any atom is 0.320 e. The number of aliphatic hydroxyl groups is 1.